The molecule has 0 aromatic heterocycles. The largest absolute Gasteiger partial charge is 0.495 e. The van der Waals surface area contributed by atoms with Crippen molar-refractivity contribution in [2.75, 3.05) is 6.54 Å². The van der Waals surface area contributed by atoms with Crippen LogP contribution in [0.4, 0.5) is 4.79 Å². The predicted octanol–water partition coefficient (Wildman–Crippen LogP) is 2.66. The number of nitrogens with zero attached hydrogens (tertiary/aromatic N) is 1. The summed E-state index contributed by atoms with van der Waals surface area (Å²) < 4.78 is 5.18. The molecule has 1 rings (SSSR count). The summed E-state index contributed by atoms with van der Waals surface area (Å²) in [5.41, 5.74) is -0.530. The van der Waals surface area contributed by atoms with Crippen LogP contribution in [-0.4, -0.2) is 28.2 Å². The smallest absolute Gasteiger partial charge is 0.417 e. The van der Waals surface area contributed by atoms with E-state index in [0.717, 1.165) is 6.42 Å². The van der Waals surface area contributed by atoms with Crippen molar-refractivity contribution in [3.63, 3.8) is 0 Å². The quantitative estimate of drug-likeness (QED) is 0.671. The van der Waals surface area contributed by atoms with Crippen LogP contribution in [0.15, 0.2) is 12.0 Å². The molecule has 1 aliphatic rings. The van der Waals surface area contributed by atoms with Crippen LogP contribution in [-0.2, 0) is 25.8 Å². The maximum absolute atomic E-state index is 11.7. The molecule has 1 amide bonds. The molecule has 1 aliphatic heterocycles. The van der Waals surface area contributed by atoms with E-state index in [1.54, 1.807) is 26.8 Å². The minimum Gasteiger partial charge on any atom is -0.495 e. The van der Waals surface area contributed by atoms with E-state index >= 15 is 0 Å². The first-order chi connectivity index (χ1) is 6.79. The SMILES string of the molecule is CC1CC=C(O)N(C(=O)OC(C)(C)C)C1.[Pt]. The summed E-state index contributed by atoms with van der Waals surface area (Å²) in [5, 5.41) is 9.54. The molecule has 96 valence electrons. The van der Waals surface area contributed by atoms with Crippen LogP contribution in [0.25, 0.3) is 0 Å². The van der Waals surface area contributed by atoms with Gasteiger partial charge in [0.25, 0.3) is 0 Å². The Kier molecular flexibility index (Phi) is 5.54. The minimum atomic E-state index is -0.530. The van der Waals surface area contributed by atoms with Gasteiger partial charge in [-0.2, -0.15) is 0 Å². The number of carbonyl (C=O) groups excluding carboxylic acids is 1. The molecule has 0 saturated carbocycles. The second-order valence-corrected chi connectivity index (χ2v) is 4.99. The first-order valence-corrected chi connectivity index (χ1v) is 5.19. The number of rotatable bonds is 0. The van der Waals surface area contributed by atoms with Crippen LogP contribution < -0.4 is 0 Å². The van der Waals surface area contributed by atoms with E-state index in [0.29, 0.717) is 12.5 Å². The molecule has 0 fully saturated rings. The zero-order valence-electron chi connectivity index (χ0n) is 10.1. The second kappa shape index (κ2) is 5.72. The molecule has 16 heavy (non-hydrogen) atoms. The van der Waals surface area contributed by atoms with Gasteiger partial charge in [-0.1, -0.05) is 6.92 Å². The Morgan fingerprint density at radius 1 is 1.56 bits per heavy atom. The molecular weight excluding hydrogens is 389 g/mol. The molecule has 0 spiro atoms. The summed E-state index contributed by atoms with van der Waals surface area (Å²) in [6.45, 7) is 7.95. The molecule has 4 nitrogen and oxygen atoms in total. The Morgan fingerprint density at radius 3 is 2.62 bits per heavy atom. The third kappa shape index (κ3) is 4.56. The Morgan fingerprint density at radius 2 is 2.12 bits per heavy atom. The molecule has 0 aromatic rings. The van der Waals surface area contributed by atoms with Crippen molar-refractivity contribution in [3.05, 3.63) is 12.0 Å². The summed E-state index contributed by atoms with van der Waals surface area (Å²) in [6.07, 6.45) is 1.96. The summed E-state index contributed by atoms with van der Waals surface area (Å²) in [6, 6.07) is 0. The Hall–Kier alpha value is -0.502. The molecular formula is C11H19NO3Pt. The van der Waals surface area contributed by atoms with Gasteiger partial charge in [-0.15, -0.1) is 0 Å². The van der Waals surface area contributed by atoms with Crippen molar-refractivity contribution >= 4 is 6.09 Å². The fraction of sp³-hybridized carbons (Fsp3) is 0.727. The van der Waals surface area contributed by atoms with E-state index in [9.17, 15) is 9.90 Å². The van der Waals surface area contributed by atoms with Gasteiger partial charge in [0.1, 0.15) is 5.60 Å². The van der Waals surface area contributed by atoms with Gasteiger partial charge >= 0.3 is 6.09 Å². The zero-order valence-corrected chi connectivity index (χ0v) is 12.4. The normalized spacial score (nSPS) is 20.9. The van der Waals surface area contributed by atoms with Crippen molar-refractivity contribution in [1.82, 2.24) is 4.90 Å². The van der Waals surface area contributed by atoms with Gasteiger partial charge in [-0.25, -0.2) is 9.69 Å². The molecule has 1 unspecified atom stereocenters. The van der Waals surface area contributed by atoms with Gasteiger partial charge in [0, 0.05) is 27.6 Å². The third-order valence-corrected chi connectivity index (χ3v) is 2.09. The zero-order chi connectivity index (χ0) is 11.6. The third-order valence-electron chi connectivity index (χ3n) is 2.09. The second-order valence-electron chi connectivity index (χ2n) is 4.99. The van der Waals surface area contributed by atoms with Gasteiger partial charge in [0.2, 0.25) is 0 Å². The van der Waals surface area contributed by atoms with Gasteiger partial charge in [-0.3, -0.25) is 0 Å². The van der Waals surface area contributed by atoms with Crippen LogP contribution in [0.1, 0.15) is 34.1 Å². The molecule has 1 atom stereocenters. The Labute approximate surface area is 111 Å². The van der Waals surface area contributed by atoms with E-state index in [-0.39, 0.29) is 26.9 Å². The summed E-state index contributed by atoms with van der Waals surface area (Å²) >= 11 is 0. The van der Waals surface area contributed by atoms with Crippen molar-refractivity contribution in [3.8, 4) is 0 Å². The maximum Gasteiger partial charge on any atom is 0.417 e. The average Bonchev–Trinajstić information content (AvgIpc) is 2.06. The number of allylic oxidation sites excluding steroid dienone is 1. The van der Waals surface area contributed by atoms with E-state index in [1.807, 2.05) is 6.92 Å². The van der Waals surface area contributed by atoms with Crippen molar-refractivity contribution < 1.29 is 35.7 Å². The number of hydrogen-bond acceptors (Lipinski definition) is 3. The summed E-state index contributed by atoms with van der Waals surface area (Å²) in [4.78, 5) is 12.9. The molecule has 5 heteroatoms. The fourth-order valence-electron chi connectivity index (χ4n) is 1.38. The topological polar surface area (TPSA) is 49.8 Å². The number of carbonyl (C=O) groups is 1. The van der Waals surface area contributed by atoms with E-state index in [2.05, 4.69) is 0 Å². The van der Waals surface area contributed by atoms with Gasteiger partial charge in [0.15, 0.2) is 5.88 Å². The van der Waals surface area contributed by atoms with E-state index < -0.39 is 11.7 Å². The molecule has 0 aliphatic carbocycles. The first-order valence-electron chi connectivity index (χ1n) is 5.19. The minimum absolute atomic E-state index is 0. The number of hydrogen-bond donors (Lipinski definition) is 1. The monoisotopic (exact) mass is 408 g/mol. The van der Waals surface area contributed by atoms with Crippen LogP contribution in [0.3, 0.4) is 0 Å². The van der Waals surface area contributed by atoms with Gasteiger partial charge in [0.05, 0.1) is 0 Å². The number of aliphatic hydroxyl groups excluding tert-OH is 1. The van der Waals surface area contributed by atoms with Crippen molar-refractivity contribution in [1.29, 1.82) is 0 Å². The Bertz CT molecular complexity index is 283. The average molecular weight is 408 g/mol. The van der Waals surface area contributed by atoms with Crippen LogP contribution in [0.5, 0.6) is 0 Å². The number of amides is 1. The van der Waals surface area contributed by atoms with E-state index in [4.69, 9.17) is 4.74 Å². The molecule has 1 heterocycles. The summed E-state index contributed by atoms with van der Waals surface area (Å²) in [7, 11) is 0. The molecule has 0 radical (unpaired) electrons. The standard InChI is InChI=1S/C11H19NO3.Pt/c1-8-5-6-9(13)12(7-8)10(14)15-11(2,3)4;/h6,8,13H,5,7H2,1-4H3;. The maximum atomic E-state index is 11.7. The van der Waals surface area contributed by atoms with Crippen molar-refractivity contribution in [2.45, 2.75) is 39.7 Å². The van der Waals surface area contributed by atoms with Crippen LogP contribution in [0.2, 0.25) is 0 Å². The number of aliphatic hydroxyl groups is 1. The van der Waals surface area contributed by atoms with Crippen LogP contribution >= 0.6 is 0 Å². The molecule has 0 aromatic carbocycles. The molecule has 0 saturated heterocycles. The fourth-order valence-corrected chi connectivity index (χ4v) is 1.38. The molecule has 0 bridgehead atoms. The number of ether oxygens (including phenoxy) is 1. The van der Waals surface area contributed by atoms with Gasteiger partial charge in [-0.05, 0) is 39.2 Å². The first kappa shape index (κ1) is 15.5. The Balaban J connectivity index is 0.00000225. The van der Waals surface area contributed by atoms with Gasteiger partial charge < -0.3 is 9.84 Å². The summed E-state index contributed by atoms with van der Waals surface area (Å²) in [5.74, 6) is 0.357. The molecule has 1 N–H and O–H groups in total. The predicted molar refractivity (Wildman–Crippen MR) is 57.4 cm³/mol. The van der Waals surface area contributed by atoms with Crippen molar-refractivity contribution in [2.24, 2.45) is 5.92 Å². The van der Waals surface area contributed by atoms with E-state index in [1.165, 1.54) is 4.90 Å². The van der Waals surface area contributed by atoms with Crippen LogP contribution in [0, 0.1) is 5.92 Å².